The first-order valence-electron chi connectivity index (χ1n) is 50.4. The summed E-state index contributed by atoms with van der Waals surface area (Å²) in [6.07, 6.45) is 65.4. The maximum atomic E-state index is 16.9. The first-order valence-corrected chi connectivity index (χ1v) is 72.9. The summed E-state index contributed by atoms with van der Waals surface area (Å²) in [6.45, 7) is 24.7. The number of fused-ring (bicyclic) bond motifs is 2. The number of aromatic nitrogens is 4. The van der Waals surface area contributed by atoms with Gasteiger partial charge in [0.15, 0.2) is 23.3 Å². The van der Waals surface area contributed by atoms with E-state index < -0.39 is 41.6 Å². The summed E-state index contributed by atoms with van der Waals surface area (Å²) in [6, 6.07) is 17.5. The van der Waals surface area contributed by atoms with E-state index in [1.165, 1.54) is 378 Å². The number of hydrogen-bond donors (Lipinski definition) is 0. The predicted molar refractivity (Wildman–Crippen MR) is 592 cm³/mol. The Hall–Kier alpha value is -0.951. The summed E-state index contributed by atoms with van der Waals surface area (Å²) in [5, 5.41) is 0. The Kier molecular flexibility index (Phi) is 58.0. The molecule has 4 nitrogen and oxygen atoms in total. The molecular weight excluding hydrogens is 2030 g/mol. The summed E-state index contributed by atoms with van der Waals surface area (Å²) in [5.74, 6) is -0.822. The molecule has 0 spiro atoms. The summed E-state index contributed by atoms with van der Waals surface area (Å²) in [4.78, 5) is 16.7. The second-order valence-corrected chi connectivity index (χ2v) is 68.2. The third kappa shape index (κ3) is 38.7. The van der Waals surface area contributed by atoms with Crippen LogP contribution in [-0.4, -0.2) is 35.9 Å². The number of unbranched alkanes of at least 4 members (excludes halogenated alkanes) is 32. The smallest absolute Gasteiger partial charge is 0.0833 e. The fraction of sp³-hybridized carbons (Fsp3) is 0.660. The van der Waals surface area contributed by atoms with Crippen LogP contribution in [0.5, 0.6) is 0 Å². The molecule has 716 valence electrons. The predicted octanol–water partition coefficient (Wildman–Crippen LogP) is 42.1. The average Bonchev–Trinajstić information content (AvgIpc) is 1.58. The second-order valence-electron chi connectivity index (χ2n) is 37.8. The van der Waals surface area contributed by atoms with Crippen LogP contribution < -0.4 is 2.89 Å². The standard InChI is InChI=1S/C52H76F2N2S4.C46H68Br2F2N2S3.C5H5S.3CH3.H5P3.Sn/c1-7-11-15-19-21-25-29-39(27-23-17-13-9-3)33-41-35-44(58-38(41)6)46-48(53)49(54)47(51-50(46)55-60-56-51)45-36-42(52(59-45)43-32-31-37(5)57-43)34-40(28-24-18-14-10-4)30-26-22-20-16-12-8-2;1-5-9-13-17-19-23-27-33(25-21-15-11-7-3)29-35-31-37(53-45(35)47)39-41(49)42(50)40(44-43(39)51-55-52-44)38-32-36(46(48)54-38)30-34(26-22-16-12-8-4)28-24-20-18-14-10-6-2;1-5-3-2-4-6-5;;;;1-3-2;/h31-32,35-36,39-40H,7-30,33-34H2,1-6H3;31-34H,5-30H2,1-4H3;2-3H,1H3;3*1H3;3H,1-2H2;. The van der Waals surface area contributed by atoms with Crippen LogP contribution in [0.15, 0.2) is 56.1 Å². The van der Waals surface area contributed by atoms with Crippen LogP contribution in [0, 0.1) is 67.7 Å². The Morgan fingerprint density at radius 1 is 0.312 bits per heavy atom. The number of benzene rings is 2. The van der Waals surface area contributed by atoms with Gasteiger partial charge < -0.3 is 0 Å². The summed E-state index contributed by atoms with van der Waals surface area (Å²) in [5.41, 5.74) is 7.92. The third-order valence-corrected chi connectivity index (χ3v) is 44.7. The Morgan fingerprint density at radius 3 is 0.844 bits per heavy atom. The van der Waals surface area contributed by atoms with E-state index in [1.54, 1.807) is 36.9 Å². The topological polar surface area (TPSA) is 51.6 Å². The van der Waals surface area contributed by atoms with E-state index >= 15 is 17.6 Å². The van der Waals surface area contributed by atoms with Crippen molar-refractivity contribution in [2.24, 2.45) is 23.7 Å². The van der Waals surface area contributed by atoms with Crippen molar-refractivity contribution in [2.45, 2.75) is 425 Å². The SMILES string of the molecule is CCCCCCCCC(CCCCCC)Cc1cc(-c2c(F)c(F)c(-c3cc(CC(CCCCCC)CCCCCCCC)c(-c4ccc(C)s4)s3)c3nsnc23)sc1C.CCCCCCCCC(CCCCCC)Cc1cc(-c2c(F)c(F)c(-c3cc(CC(CCCCCC)CCCCCCCC)c(Br)s3)c3nsnc23)sc1Br.Cc1cc[c]([Sn]([CH3])([CH3])[CH3])s1.PPP. The fourth-order valence-corrected chi connectivity index (χ4v) is 32.8. The monoisotopic (exact) mass is 2190 g/mol. The maximum Gasteiger partial charge on any atom is -0.0833 e. The molecule has 10 rings (SSSR count). The number of hydrogen-bond acceptors (Lipinski definition) is 12. The van der Waals surface area contributed by atoms with Crippen molar-refractivity contribution in [1.29, 1.82) is 0 Å². The number of rotatable bonds is 62. The number of aryl methyl sites for hydroxylation is 3. The quantitative estimate of drug-likeness (QED) is 0.0165. The first-order chi connectivity index (χ1) is 62.0. The molecule has 0 saturated heterocycles. The average molecular weight is 2200 g/mol. The van der Waals surface area contributed by atoms with E-state index in [-0.39, 0.29) is 22.3 Å². The van der Waals surface area contributed by atoms with Gasteiger partial charge >= 0.3 is 71.4 Å². The van der Waals surface area contributed by atoms with Crippen molar-refractivity contribution < 1.29 is 17.6 Å². The van der Waals surface area contributed by atoms with Gasteiger partial charge in [-0.3, -0.25) is 0 Å². The molecule has 2 aromatic carbocycles. The zero-order valence-corrected chi connectivity index (χ0v) is 97.0. The van der Waals surface area contributed by atoms with Gasteiger partial charge in [-0.2, -0.15) is 17.5 Å². The summed E-state index contributed by atoms with van der Waals surface area (Å²) >= 11 is 18.1. The van der Waals surface area contributed by atoms with Crippen molar-refractivity contribution in [3.8, 4) is 51.5 Å². The molecule has 0 bridgehead atoms. The van der Waals surface area contributed by atoms with E-state index in [2.05, 4.69) is 198 Å². The van der Waals surface area contributed by atoms with Gasteiger partial charge in [0.2, 0.25) is 0 Å². The molecule has 0 aliphatic heterocycles. The zero-order valence-electron chi connectivity index (χ0n) is 81.2. The van der Waals surface area contributed by atoms with Crippen molar-refractivity contribution in [3.63, 3.8) is 0 Å². The number of nitrogens with zero attached hydrogens (tertiary/aromatic N) is 4. The molecule has 0 aliphatic rings. The second kappa shape index (κ2) is 65.1. The maximum absolute atomic E-state index is 16.9. The summed E-state index contributed by atoms with van der Waals surface area (Å²) < 4.78 is 89.1. The molecule has 128 heavy (non-hydrogen) atoms. The third-order valence-electron chi connectivity index (χ3n) is 25.7. The molecule has 8 heterocycles. The largest absolute Gasteiger partial charge is 0.110 e. The van der Waals surface area contributed by atoms with E-state index in [9.17, 15) is 0 Å². The summed E-state index contributed by atoms with van der Waals surface area (Å²) in [7, 11) is 6.06. The van der Waals surface area contributed by atoms with Crippen LogP contribution in [0.2, 0.25) is 14.8 Å². The molecule has 0 amide bonds. The van der Waals surface area contributed by atoms with E-state index in [0.29, 0.717) is 45.7 Å². The Bertz CT molecular complexity index is 4550. The van der Waals surface area contributed by atoms with Crippen LogP contribution in [0.3, 0.4) is 0 Å². The molecule has 22 heteroatoms. The Balaban J connectivity index is 0.000000308. The minimum Gasteiger partial charge on any atom is -0.110 e. The molecule has 0 radical (unpaired) electrons. The van der Waals surface area contributed by atoms with Gasteiger partial charge in [-0.1, -0.05) is 372 Å². The minimum atomic E-state index is -1.67. The van der Waals surface area contributed by atoms with Gasteiger partial charge in [-0.25, -0.2) is 17.6 Å². The molecule has 6 atom stereocenters. The van der Waals surface area contributed by atoms with Gasteiger partial charge in [0.05, 0.1) is 53.3 Å². The van der Waals surface area contributed by atoms with Crippen LogP contribution in [0.1, 0.15) is 400 Å². The van der Waals surface area contributed by atoms with Crippen LogP contribution in [0.25, 0.3) is 73.6 Å². The van der Waals surface area contributed by atoms with Gasteiger partial charge in [-0.05, 0) is 154 Å². The van der Waals surface area contributed by atoms with Crippen molar-refractivity contribution in [3.05, 3.63) is 116 Å². The molecule has 6 unspecified atom stereocenters. The van der Waals surface area contributed by atoms with E-state index in [4.69, 9.17) is 8.75 Å². The number of thiophene rings is 6. The normalized spacial score (nSPS) is 12.7. The van der Waals surface area contributed by atoms with E-state index in [0.717, 1.165) is 84.2 Å². The first kappa shape index (κ1) is 114. The molecule has 0 N–H and O–H groups in total. The van der Waals surface area contributed by atoms with Crippen LogP contribution in [-0.2, 0) is 25.7 Å². The van der Waals surface area contributed by atoms with Crippen LogP contribution >= 0.6 is 149 Å². The van der Waals surface area contributed by atoms with E-state index in [1.807, 2.05) is 11.3 Å². The fourth-order valence-electron chi connectivity index (χ4n) is 18.2. The molecule has 10 aromatic rings. The van der Waals surface area contributed by atoms with Crippen LogP contribution in [0.4, 0.5) is 17.6 Å². The van der Waals surface area contributed by atoms with Gasteiger partial charge in [0.1, 0.15) is 22.1 Å². The molecule has 8 aromatic heterocycles. The van der Waals surface area contributed by atoms with Gasteiger partial charge in [-0.15, -0.1) is 74.5 Å². The molecule has 0 fully saturated rings. The van der Waals surface area contributed by atoms with Gasteiger partial charge in [0, 0.05) is 39.0 Å². The minimum absolute atomic E-state index is 0.249. The van der Waals surface area contributed by atoms with Crippen molar-refractivity contribution >= 4 is 192 Å². The Labute approximate surface area is 835 Å². The molecule has 0 aliphatic carbocycles. The zero-order chi connectivity index (χ0) is 92.6. The molecular formula is C106H163Br2F4N4P3S8Sn. The number of halogens is 6. The molecule has 0 saturated carbocycles. The van der Waals surface area contributed by atoms with Crippen molar-refractivity contribution in [1.82, 2.24) is 17.5 Å². The van der Waals surface area contributed by atoms with Crippen molar-refractivity contribution in [2.75, 3.05) is 0 Å². The Morgan fingerprint density at radius 2 is 0.562 bits per heavy atom. The van der Waals surface area contributed by atoms with Gasteiger partial charge in [0.25, 0.3) is 0 Å².